The lowest BCUT2D eigenvalue weighted by Crippen LogP contribution is -2.44. The number of carbonyl (C=O) groups is 1. The van der Waals surface area contributed by atoms with Gasteiger partial charge in [-0.2, -0.15) is 0 Å². The van der Waals surface area contributed by atoms with Crippen molar-refractivity contribution in [1.82, 2.24) is 10.6 Å². The summed E-state index contributed by atoms with van der Waals surface area (Å²) in [5, 5.41) is 6.25. The van der Waals surface area contributed by atoms with Crippen LogP contribution in [0.3, 0.4) is 0 Å². The Morgan fingerprint density at radius 1 is 1.21 bits per heavy atom. The first-order valence-corrected chi connectivity index (χ1v) is 8.89. The molecule has 2 saturated carbocycles. The molecule has 2 rings (SSSR count). The summed E-state index contributed by atoms with van der Waals surface area (Å²) in [6.45, 7) is 6.10. The third-order valence-corrected chi connectivity index (χ3v) is 4.31. The van der Waals surface area contributed by atoms with E-state index in [4.69, 9.17) is 10.5 Å². The first-order chi connectivity index (χ1) is 10.8. The van der Waals surface area contributed by atoms with Gasteiger partial charge in [-0.25, -0.2) is 4.79 Å². The normalized spacial score (nSPS) is 20.7. The second-order valence-electron chi connectivity index (χ2n) is 7.80. The van der Waals surface area contributed by atoms with E-state index in [2.05, 4.69) is 15.6 Å². The number of alkyl carbamates (subject to hydrolysis) is 1. The zero-order valence-electron chi connectivity index (χ0n) is 15.1. The Bertz CT molecular complexity index is 427. The maximum atomic E-state index is 11.9. The SMILES string of the molecule is CC(C)(C)OC(=O)NC(CN=C(N)NC1CCCCC1)C1CC1.I. The number of rotatable bonds is 5. The Labute approximate surface area is 162 Å². The maximum Gasteiger partial charge on any atom is 0.407 e. The minimum absolute atomic E-state index is 0. The predicted octanol–water partition coefficient (Wildman–Crippen LogP) is 3.14. The zero-order valence-corrected chi connectivity index (χ0v) is 17.5. The molecule has 0 spiro atoms. The van der Waals surface area contributed by atoms with Crippen molar-refractivity contribution in [3.63, 3.8) is 0 Å². The number of hydrogen-bond donors (Lipinski definition) is 3. The molecule has 1 amide bonds. The van der Waals surface area contributed by atoms with E-state index in [9.17, 15) is 4.79 Å². The van der Waals surface area contributed by atoms with E-state index < -0.39 is 5.60 Å². The first kappa shape index (κ1) is 21.3. The number of nitrogens with zero attached hydrogens (tertiary/aromatic N) is 1. The number of aliphatic imine (C=N–C) groups is 1. The lowest BCUT2D eigenvalue weighted by Gasteiger charge is -2.24. The Balaban J connectivity index is 0.00000288. The van der Waals surface area contributed by atoms with E-state index >= 15 is 0 Å². The topological polar surface area (TPSA) is 88.7 Å². The number of carbonyl (C=O) groups excluding carboxylic acids is 1. The third kappa shape index (κ3) is 8.39. The number of nitrogens with two attached hydrogens (primary N) is 1. The molecule has 6 nitrogen and oxygen atoms in total. The van der Waals surface area contributed by atoms with Gasteiger partial charge in [0, 0.05) is 6.04 Å². The van der Waals surface area contributed by atoms with Gasteiger partial charge < -0.3 is 21.1 Å². The van der Waals surface area contributed by atoms with Crippen molar-refractivity contribution in [2.45, 2.75) is 83.4 Å². The number of nitrogens with one attached hydrogen (secondary N) is 2. The molecule has 0 radical (unpaired) electrons. The summed E-state index contributed by atoms with van der Waals surface area (Å²) >= 11 is 0. The highest BCUT2D eigenvalue weighted by Crippen LogP contribution is 2.33. The van der Waals surface area contributed by atoms with Crippen molar-refractivity contribution >= 4 is 36.0 Å². The molecule has 0 aromatic heterocycles. The van der Waals surface area contributed by atoms with Crippen molar-refractivity contribution < 1.29 is 9.53 Å². The van der Waals surface area contributed by atoms with Crippen LogP contribution in [0.1, 0.15) is 65.7 Å². The van der Waals surface area contributed by atoms with E-state index in [0.29, 0.717) is 24.5 Å². The summed E-state index contributed by atoms with van der Waals surface area (Å²) in [5.41, 5.74) is 5.52. The van der Waals surface area contributed by atoms with E-state index in [0.717, 1.165) is 12.8 Å². The van der Waals surface area contributed by atoms with Crippen LogP contribution in [-0.2, 0) is 4.74 Å². The smallest absolute Gasteiger partial charge is 0.407 e. The molecule has 0 saturated heterocycles. The molecular weight excluding hydrogens is 419 g/mol. The number of hydrogen-bond acceptors (Lipinski definition) is 3. The summed E-state index contributed by atoms with van der Waals surface area (Å²) in [4.78, 5) is 16.4. The summed E-state index contributed by atoms with van der Waals surface area (Å²) in [5.74, 6) is 0.988. The van der Waals surface area contributed by atoms with Gasteiger partial charge in [0.15, 0.2) is 5.96 Å². The minimum atomic E-state index is -0.483. The predicted molar refractivity (Wildman–Crippen MR) is 108 cm³/mol. The van der Waals surface area contributed by atoms with E-state index in [-0.39, 0.29) is 36.1 Å². The van der Waals surface area contributed by atoms with Crippen LogP contribution in [0.25, 0.3) is 0 Å². The standard InChI is InChI=1S/C17H32N4O2.HI/c1-17(2,3)23-16(22)21-14(12-9-10-12)11-19-15(18)20-13-7-5-4-6-8-13;/h12-14H,4-11H2,1-3H3,(H,21,22)(H3,18,19,20);1H. The molecule has 0 bridgehead atoms. The molecule has 0 aliphatic heterocycles. The molecule has 1 atom stereocenters. The molecule has 4 N–H and O–H groups in total. The van der Waals surface area contributed by atoms with Gasteiger partial charge in [-0.3, -0.25) is 4.99 Å². The molecule has 0 heterocycles. The lowest BCUT2D eigenvalue weighted by molar-refractivity contribution is 0.0500. The van der Waals surface area contributed by atoms with Gasteiger partial charge in [0.1, 0.15) is 5.60 Å². The second-order valence-corrected chi connectivity index (χ2v) is 7.80. The van der Waals surface area contributed by atoms with Gasteiger partial charge in [-0.1, -0.05) is 19.3 Å². The van der Waals surface area contributed by atoms with Gasteiger partial charge in [0.25, 0.3) is 0 Å². The fraction of sp³-hybridized carbons (Fsp3) is 0.882. The average Bonchev–Trinajstić information content (AvgIpc) is 3.27. The van der Waals surface area contributed by atoms with E-state index in [1.807, 2.05) is 20.8 Å². The molecule has 7 heteroatoms. The van der Waals surface area contributed by atoms with Gasteiger partial charge in [0.2, 0.25) is 0 Å². The van der Waals surface area contributed by atoms with Crippen LogP contribution in [0.15, 0.2) is 4.99 Å². The quantitative estimate of drug-likeness (QED) is 0.340. The number of guanidine groups is 1. The molecule has 2 fully saturated rings. The first-order valence-electron chi connectivity index (χ1n) is 8.89. The average molecular weight is 452 g/mol. The van der Waals surface area contributed by atoms with E-state index in [1.165, 1.54) is 32.1 Å². The number of amides is 1. The Hall–Kier alpha value is -0.730. The van der Waals surface area contributed by atoms with Crippen LogP contribution in [0.4, 0.5) is 4.79 Å². The summed E-state index contributed by atoms with van der Waals surface area (Å²) in [6, 6.07) is 0.460. The molecule has 24 heavy (non-hydrogen) atoms. The van der Waals surface area contributed by atoms with Gasteiger partial charge in [-0.15, -0.1) is 24.0 Å². The monoisotopic (exact) mass is 452 g/mol. The molecule has 0 aromatic rings. The highest BCUT2D eigenvalue weighted by Gasteiger charge is 2.33. The van der Waals surface area contributed by atoms with Crippen LogP contribution < -0.4 is 16.4 Å². The fourth-order valence-corrected chi connectivity index (χ4v) is 2.97. The number of ether oxygens (including phenoxy) is 1. The van der Waals surface area contributed by atoms with Gasteiger partial charge in [0.05, 0.1) is 12.6 Å². The van der Waals surface area contributed by atoms with Crippen LogP contribution in [0.2, 0.25) is 0 Å². The van der Waals surface area contributed by atoms with Crippen molar-refractivity contribution in [2.24, 2.45) is 16.6 Å². The number of halogens is 1. The van der Waals surface area contributed by atoms with Gasteiger partial charge in [-0.05, 0) is 52.4 Å². The summed E-state index contributed by atoms with van der Waals surface area (Å²) in [6.07, 6.45) is 8.06. The third-order valence-electron chi connectivity index (χ3n) is 4.31. The van der Waals surface area contributed by atoms with Crippen LogP contribution in [0.5, 0.6) is 0 Å². The highest BCUT2D eigenvalue weighted by atomic mass is 127. The largest absolute Gasteiger partial charge is 0.444 e. The van der Waals surface area contributed by atoms with Crippen molar-refractivity contribution in [2.75, 3.05) is 6.54 Å². The van der Waals surface area contributed by atoms with Crippen LogP contribution in [0, 0.1) is 5.92 Å². The molecule has 0 aromatic carbocycles. The van der Waals surface area contributed by atoms with Crippen LogP contribution in [-0.4, -0.2) is 36.3 Å². The lowest BCUT2D eigenvalue weighted by atomic mass is 9.96. The van der Waals surface area contributed by atoms with E-state index in [1.54, 1.807) is 0 Å². The van der Waals surface area contributed by atoms with Crippen molar-refractivity contribution in [3.05, 3.63) is 0 Å². The summed E-state index contributed by atoms with van der Waals surface area (Å²) < 4.78 is 5.33. The maximum absolute atomic E-state index is 11.9. The molecule has 1 unspecified atom stereocenters. The molecule has 2 aliphatic carbocycles. The minimum Gasteiger partial charge on any atom is -0.444 e. The highest BCUT2D eigenvalue weighted by molar-refractivity contribution is 14.0. The Morgan fingerprint density at radius 2 is 1.83 bits per heavy atom. The summed E-state index contributed by atoms with van der Waals surface area (Å²) in [7, 11) is 0. The molecular formula is C17H33IN4O2. The Kier molecular flexibility index (Phi) is 8.59. The zero-order chi connectivity index (χ0) is 16.9. The Morgan fingerprint density at radius 3 is 2.38 bits per heavy atom. The fourth-order valence-electron chi connectivity index (χ4n) is 2.97. The van der Waals surface area contributed by atoms with Gasteiger partial charge >= 0.3 is 6.09 Å². The molecule has 2 aliphatic rings. The van der Waals surface area contributed by atoms with Crippen LogP contribution >= 0.6 is 24.0 Å². The second kappa shape index (κ2) is 9.68. The van der Waals surface area contributed by atoms with Crippen molar-refractivity contribution in [1.29, 1.82) is 0 Å². The van der Waals surface area contributed by atoms with Crippen molar-refractivity contribution in [3.8, 4) is 0 Å². The molecule has 140 valence electrons.